The minimum Gasteiger partial charge on any atom is -0.356 e. The molecule has 2 aromatic heterocycles. The third-order valence-corrected chi connectivity index (χ3v) is 4.47. The van der Waals surface area contributed by atoms with E-state index < -0.39 is 0 Å². The van der Waals surface area contributed by atoms with Crippen molar-refractivity contribution in [1.29, 1.82) is 0 Å². The Morgan fingerprint density at radius 1 is 1.31 bits per heavy atom. The fourth-order valence-corrected chi connectivity index (χ4v) is 3.00. The molecular weight excluding hydrogens is 441 g/mol. The first kappa shape index (κ1) is 22.5. The maximum absolute atomic E-state index is 4.49. The molecule has 0 radical (unpaired) electrons. The van der Waals surface area contributed by atoms with Gasteiger partial charge in [-0.3, -0.25) is 14.4 Å². The van der Waals surface area contributed by atoms with E-state index in [0.717, 1.165) is 37.5 Å². The van der Waals surface area contributed by atoms with Crippen molar-refractivity contribution in [3.8, 4) is 0 Å². The Labute approximate surface area is 173 Å². The van der Waals surface area contributed by atoms with E-state index in [0.29, 0.717) is 0 Å². The Morgan fingerprint density at radius 3 is 2.58 bits per heavy atom. The summed E-state index contributed by atoms with van der Waals surface area (Å²) in [6.07, 6.45) is 6.98. The molecule has 0 aromatic carbocycles. The third-order valence-electron chi connectivity index (χ3n) is 4.47. The predicted molar refractivity (Wildman–Crippen MR) is 117 cm³/mol. The van der Waals surface area contributed by atoms with Crippen molar-refractivity contribution in [2.45, 2.75) is 46.1 Å². The highest BCUT2D eigenvalue weighted by molar-refractivity contribution is 14.0. The number of aliphatic imine (C=N–C) groups is 1. The van der Waals surface area contributed by atoms with E-state index >= 15 is 0 Å². The van der Waals surface area contributed by atoms with Gasteiger partial charge in [0.2, 0.25) is 0 Å². The number of hydrogen-bond acceptors (Lipinski definition) is 3. The zero-order chi connectivity index (χ0) is 18.4. The van der Waals surface area contributed by atoms with Gasteiger partial charge in [0.25, 0.3) is 0 Å². The van der Waals surface area contributed by atoms with Gasteiger partial charge in [-0.25, -0.2) is 0 Å². The maximum atomic E-state index is 4.49. The van der Waals surface area contributed by atoms with E-state index in [-0.39, 0.29) is 30.0 Å². The lowest BCUT2D eigenvalue weighted by atomic mass is 10.1. The van der Waals surface area contributed by atoms with Crippen LogP contribution in [0.1, 0.15) is 35.9 Å². The average molecular weight is 473 g/mol. The van der Waals surface area contributed by atoms with Crippen LogP contribution in [0.3, 0.4) is 0 Å². The van der Waals surface area contributed by atoms with E-state index in [1.807, 2.05) is 36.7 Å². The van der Waals surface area contributed by atoms with Gasteiger partial charge in [-0.1, -0.05) is 0 Å². The summed E-state index contributed by atoms with van der Waals surface area (Å²) in [7, 11) is 5.75. The molecule has 2 aromatic rings. The van der Waals surface area contributed by atoms with Crippen LogP contribution >= 0.6 is 24.0 Å². The van der Waals surface area contributed by atoms with Crippen molar-refractivity contribution < 1.29 is 0 Å². The molecule has 0 bridgehead atoms. The summed E-state index contributed by atoms with van der Waals surface area (Å²) in [4.78, 5) is 4.33. The number of guanidine groups is 1. The second-order valence-electron chi connectivity index (χ2n) is 6.65. The molecule has 2 rings (SSSR count). The first-order chi connectivity index (χ1) is 11.9. The molecule has 0 aliphatic carbocycles. The lowest BCUT2D eigenvalue weighted by molar-refractivity contribution is 0.631. The molecule has 0 saturated heterocycles. The molecule has 7 nitrogen and oxygen atoms in total. The topological polar surface area (TPSA) is 72.1 Å². The van der Waals surface area contributed by atoms with Gasteiger partial charge in [0.1, 0.15) is 0 Å². The monoisotopic (exact) mass is 473 g/mol. The predicted octanol–water partition coefficient (Wildman–Crippen LogP) is 2.12. The average Bonchev–Trinajstić information content (AvgIpc) is 3.08. The second-order valence-corrected chi connectivity index (χ2v) is 6.65. The summed E-state index contributed by atoms with van der Waals surface area (Å²) in [5, 5.41) is 15.5. The number of hydrogen-bond donors (Lipinski definition) is 2. The van der Waals surface area contributed by atoms with Gasteiger partial charge in [0, 0.05) is 45.6 Å². The summed E-state index contributed by atoms with van der Waals surface area (Å²) < 4.78 is 3.79. The van der Waals surface area contributed by atoms with Gasteiger partial charge in [0.15, 0.2) is 5.96 Å². The van der Waals surface area contributed by atoms with Crippen LogP contribution in [0.25, 0.3) is 0 Å². The molecule has 0 aliphatic rings. The summed E-state index contributed by atoms with van der Waals surface area (Å²) in [5.74, 6) is 0.845. The molecular formula is C18H32IN7. The van der Waals surface area contributed by atoms with Crippen LogP contribution in [0.5, 0.6) is 0 Å². The first-order valence-corrected chi connectivity index (χ1v) is 8.84. The zero-order valence-corrected chi connectivity index (χ0v) is 19.0. The molecule has 2 N–H and O–H groups in total. The molecule has 146 valence electrons. The van der Waals surface area contributed by atoms with Gasteiger partial charge >= 0.3 is 0 Å². The van der Waals surface area contributed by atoms with Crippen LogP contribution in [-0.2, 0) is 26.9 Å². The maximum Gasteiger partial charge on any atom is 0.191 e. The SMILES string of the molecule is CN=C(NCCCc1cnn(C)c1)NC(C)Cc1c(C)nn(C)c1C.I. The summed E-state index contributed by atoms with van der Waals surface area (Å²) >= 11 is 0. The van der Waals surface area contributed by atoms with Crippen molar-refractivity contribution in [2.75, 3.05) is 13.6 Å². The van der Waals surface area contributed by atoms with E-state index in [1.165, 1.54) is 16.8 Å². The van der Waals surface area contributed by atoms with Crippen molar-refractivity contribution in [2.24, 2.45) is 19.1 Å². The number of nitrogens with zero attached hydrogens (tertiary/aromatic N) is 5. The smallest absolute Gasteiger partial charge is 0.191 e. The van der Waals surface area contributed by atoms with Gasteiger partial charge < -0.3 is 10.6 Å². The van der Waals surface area contributed by atoms with Gasteiger partial charge in [-0.2, -0.15) is 10.2 Å². The van der Waals surface area contributed by atoms with Crippen molar-refractivity contribution in [3.05, 3.63) is 34.9 Å². The van der Waals surface area contributed by atoms with Crippen LogP contribution in [-0.4, -0.2) is 45.2 Å². The normalized spacial score (nSPS) is 12.6. The number of rotatable bonds is 7. The Bertz CT molecular complexity index is 717. The molecule has 1 unspecified atom stereocenters. The van der Waals surface area contributed by atoms with Crippen LogP contribution in [0, 0.1) is 13.8 Å². The molecule has 8 heteroatoms. The standard InChI is InChI=1S/C18H31N7.HI/c1-13(10-17-14(2)23-25(6)15(17)3)22-18(19-4)20-9-7-8-16-11-21-24(5)12-16;/h11-13H,7-10H2,1-6H3,(H2,19,20,22);1H. The number of halogens is 1. The molecule has 0 amide bonds. The Kier molecular flexibility index (Phi) is 9.11. The number of aryl methyl sites for hydroxylation is 4. The Hall–Kier alpha value is -1.58. The van der Waals surface area contributed by atoms with Crippen molar-refractivity contribution >= 4 is 29.9 Å². The molecule has 0 fully saturated rings. The highest BCUT2D eigenvalue weighted by Gasteiger charge is 2.13. The van der Waals surface area contributed by atoms with E-state index in [9.17, 15) is 0 Å². The molecule has 0 spiro atoms. The largest absolute Gasteiger partial charge is 0.356 e. The molecule has 26 heavy (non-hydrogen) atoms. The van der Waals surface area contributed by atoms with Crippen molar-refractivity contribution in [1.82, 2.24) is 30.2 Å². The zero-order valence-electron chi connectivity index (χ0n) is 16.7. The van der Waals surface area contributed by atoms with Crippen LogP contribution in [0.15, 0.2) is 17.4 Å². The Balaban J connectivity index is 0.00000338. The van der Waals surface area contributed by atoms with E-state index in [1.54, 1.807) is 0 Å². The third kappa shape index (κ3) is 6.30. The van der Waals surface area contributed by atoms with Crippen LogP contribution in [0.4, 0.5) is 0 Å². The number of aromatic nitrogens is 4. The van der Waals surface area contributed by atoms with Gasteiger partial charge in [0.05, 0.1) is 11.9 Å². The quantitative estimate of drug-likeness (QED) is 0.280. The molecule has 0 aliphatic heterocycles. The van der Waals surface area contributed by atoms with Gasteiger partial charge in [-0.15, -0.1) is 24.0 Å². The van der Waals surface area contributed by atoms with E-state index in [2.05, 4.69) is 52.8 Å². The van der Waals surface area contributed by atoms with E-state index in [4.69, 9.17) is 0 Å². The first-order valence-electron chi connectivity index (χ1n) is 8.84. The van der Waals surface area contributed by atoms with Crippen LogP contribution < -0.4 is 10.6 Å². The van der Waals surface area contributed by atoms with Crippen molar-refractivity contribution in [3.63, 3.8) is 0 Å². The summed E-state index contributed by atoms with van der Waals surface area (Å²) in [6.45, 7) is 7.24. The Morgan fingerprint density at radius 2 is 2.04 bits per heavy atom. The lowest BCUT2D eigenvalue weighted by Gasteiger charge is -2.18. The lowest BCUT2D eigenvalue weighted by Crippen LogP contribution is -2.43. The van der Waals surface area contributed by atoms with Gasteiger partial charge in [-0.05, 0) is 51.2 Å². The highest BCUT2D eigenvalue weighted by atomic mass is 127. The minimum absolute atomic E-state index is 0. The summed E-state index contributed by atoms with van der Waals surface area (Å²) in [6, 6.07) is 0.283. The molecule has 0 saturated carbocycles. The summed E-state index contributed by atoms with van der Waals surface area (Å²) in [5.41, 5.74) is 4.91. The molecule has 2 heterocycles. The van der Waals surface area contributed by atoms with Crippen LogP contribution in [0.2, 0.25) is 0 Å². The fourth-order valence-electron chi connectivity index (χ4n) is 3.00. The molecule has 1 atom stereocenters. The minimum atomic E-state index is 0. The fraction of sp³-hybridized carbons (Fsp3) is 0.611. The second kappa shape index (κ2) is 10.5. The highest BCUT2D eigenvalue weighted by Crippen LogP contribution is 2.14. The number of nitrogens with one attached hydrogen (secondary N) is 2.